The zero-order valence-electron chi connectivity index (χ0n) is 14.3. The summed E-state index contributed by atoms with van der Waals surface area (Å²) in [5.41, 5.74) is 1.90. The van der Waals surface area contributed by atoms with Gasteiger partial charge in [-0.05, 0) is 18.8 Å². The van der Waals surface area contributed by atoms with Gasteiger partial charge in [0.1, 0.15) is 0 Å². The Hall–Kier alpha value is -1.64. The Balaban J connectivity index is 1.87. The van der Waals surface area contributed by atoms with Crippen LogP contribution in [0.4, 0.5) is 0 Å². The number of aromatic hydroxyl groups is 2. The van der Waals surface area contributed by atoms with E-state index in [2.05, 4.69) is 32.6 Å². The van der Waals surface area contributed by atoms with Crippen LogP contribution < -0.4 is 0 Å². The van der Waals surface area contributed by atoms with E-state index in [1.54, 1.807) is 4.57 Å². The maximum absolute atomic E-state index is 10.7. The lowest BCUT2D eigenvalue weighted by atomic mass is 9.92. The van der Waals surface area contributed by atoms with Crippen LogP contribution in [0, 0.1) is 5.92 Å². The van der Waals surface area contributed by atoms with Crippen LogP contribution in [-0.2, 0) is 0 Å². The molecule has 23 heavy (non-hydrogen) atoms. The fourth-order valence-corrected chi connectivity index (χ4v) is 4.40. The standard InChI is InChI=1S/C20H29NO2/c1-4-7-8-13(5-2)11-16(6-3)21-19(22)17-14-9-10-15(12-14)18(17)20(21)23/h6,9-10,13-16,22-23H,3-5,7-8,11-12H2,1-2H3. The lowest BCUT2D eigenvalue weighted by molar-refractivity contribution is 0.306. The molecule has 1 aromatic rings. The summed E-state index contributed by atoms with van der Waals surface area (Å²) in [7, 11) is 0. The lowest BCUT2D eigenvalue weighted by Gasteiger charge is -2.23. The Morgan fingerprint density at radius 1 is 1.22 bits per heavy atom. The molecule has 1 heterocycles. The van der Waals surface area contributed by atoms with Gasteiger partial charge in [-0.3, -0.25) is 4.57 Å². The van der Waals surface area contributed by atoms with E-state index in [1.807, 2.05) is 6.08 Å². The highest BCUT2D eigenvalue weighted by atomic mass is 16.3. The number of allylic oxidation sites excluding steroid dienone is 3. The van der Waals surface area contributed by atoms with Crippen molar-refractivity contribution >= 4 is 0 Å². The lowest BCUT2D eigenvalue weighted by Crippen LogP contribution is -2.12. The third-order valence-electron chi connectivity index (χ3n) is 5.78. The molecule has 2 bridgehead atoms. The average Bonchev–Trinajstić information content (AvgIpc) is 3.23. The van der Waals surface area contributed by atoms with E-state index >= 15 is 0 Å². The molecule has 3 rings (SSSR count). The van der Waals surface area contributed by atoms with Crippen molar-refractivity contribution < 1.29 is 10.2 Å². The van der Waals surface area contributed by atoms with E-state index in [9.17, 15) is 10.2 Å². The summed E-state index contributed by atoms with van der Waals surface area (Å²) in [4.78, 5) is 0. The number of aromatic nitrogens is 1. The average molecular weight is 315 g/mol. The van der Waals surface area contributed by atoms with Crippen molar-refractivity contribution in [3.63, 3.8) is 0 Å². The van der Waals surface area contributed by atoms with Gasteiger partial charge < -0.3 is 10.2 Å². The summed E-state index contributed by atoms with van der Waals surface area (Å²) >= 11 is 0. The second-order valence-electron chi connectivity index (χ2n) is 7.13. The molecule has 0 aromatic carbocycles. The van der Waals surface area contributed by atoms with Crippen molar-refractivity contribution in [2.75, 3.05) is 0 Å². The number of hydrogen-bond acceptors (Lipinski definition) is 2. The van der Waals surface area contributed by atoms with E-state index in [-0.39, 0.29) is 29.6 Å². The molecular formula is C20H29NO2. The van der Waals surface area contributed by atoms with Gasteiger partial charge in [0.05, 0.1) is 6.04 Å². The van der Waals surface area contributed by atoms with Crippen molar-refractivity contribution in [1.29, 1.82) is 0 Å². The number of hydrogen-bond donors (Lipinski definition) is 2. The SMILES string of the molecule is C=CC(CC(CC)CCCC)n1c(O)c2c(c1O)C1C=CC2C1. The number of fused-ring (bicyclic) bond motifs is 5. The molecule has 2 N–H and O–H groups in total. The molecule has 0 saturated heterocycles. The molecule has 0 radical (unpaired) electrons. The zero-order valence-corrected chi connectivity index (χ0v) is 14.3. The minimum absolute atomic E-state index is 0.0400. The van der Waals surface area contributed by atoms with Crippen LogP contribution in [0.3, 0.4) is 0 Å². The number of unbranched alkanes of at least 4 members (excludes halogenated alkanes) is 1. The molecule has 4 unspecified atom stereocenters. The van der Waals surface area contributed by atoms with Gasteiger partial charge in [-0.15, -0.1) is 6.58 Å². The molecule has 2 aliphatic rings. The summed E-state index contributed by atoms with van der Waals surface area (Å²) in [5.74, 6) is 1.65. The third kappa shape index (κ3) is 2.60. The third-order valence-corrected chi connectivity index (χ3v) is 5.78. The molecule has 0 fully saturated rings. The van der Waals surface area contributed by atoms with Gasteiger partial charge >= 0.3 is 0 Å². The Labute approximate surface area is 139 Å². The highest BCUT2D eigenvalue weighted by Gasteiger charge is 2.41. The quantitative estimate of drug-likeness (QED) is 0.633. The topological polar surface area (TPSA) is 45.4 Å². The summed E-state index contributed by atoms with van der Waals surface area (Å²) in [5, 5.41) is 21.5. The molecule has 3 nitrogen and oxygen atoms in total. The second kappa shape index (κ2) is 6.46. The maximum atomic E-state index is 10.7. The van der Waals surface area contributed by atoms with E-state index < -0.39 is 0 Å². The maximum Gasteiger partial charge on any atom is 0.198 e. The van der Waals surface area contributed by atoms with Crippen LogP contribution in [-0.4, -0.2) is 14.8 Å². The van der Waals surface area contributed by atoms with Crippen LogP contribution in [0.25, 0.3) is 0 Å². The molecule has 0 spiro atoms. The van der Waals surface area contributed by atoms with Crippen LogP contribution in [0.5, 0.6) is 11.8 Å². The minimum atomic E-state index is -0.0400. The van der Waals surface area contributed by atoms with Crippen molar-refractivity contribution in [2.24, 2.45) is 5.92 Å². The molecular weight excluding hydrogens is 286 g/mol. The monoisotopic (exact) mass is 315 g/mol. The molecule has 4 atom stereocenters. The Bertz CT molecular complexity index is 578. The minimum Gasteiger partial charge on any atom is -0.494 e. The first-order valence-corrected chi connectivity index (χ1v) is 9.09. The Kier molecular flexibility index (Phi) is 4.56. The summed E-state index contributed by atoms with van der Waals surface area (Å²) < 4.78 is 1.72. The first-order valence-electron chi connectivity index (χ1n) is 9.09. The molecule has 0 amide bonds. The van der Waals surface area contributed by atoms with Gasteiger partial charge in [-0.1, -0.05) is 57.8 Å². The predicted molar refractivity (Wildman–Crippen MR) is 94.2 cm³/mol. The van der Waals surface area contributed by atoms with E-state index in [1.165, 1.54) is 19.3 Å². The van der Waals surface area contributed by atoms with Gasteiger partial charge in [0.2, 0.25) is 0 Å². The first kappa shape index (κ1) is 16.2. The molecule has 2 aliphatic carbocycles. The van der Waals surface area contributed by atoms with Crippen LogP contribution in [0.15, 0.2) is 24.8 Å². The smallest absolute Gasteiger partial charge is 0.198 e. The number of nitrogens with zero attached hydrogens (tertiary/aromatic N) is 1. The zero-order chi connectivity index (χ0) is 16.6. The largest absolute Gasteiger partial charge is 0.494 e. The van der Waals surface area contributed by atoms with Gasteiger partial charge in [-0.2, -0.15) is 0 Å². The van der Waals surface area contributed by atoms with Crippen LogP contribution in [0.1, 0.15) is 81.4 Å². The summed E-state index contributed by atoms with van der Waals surface area (Å²) in [6.45, 7) is 8.40. The fraction of sp³-hybridized carbons (Fsp3) is 0.600. The molecule has 1 aromatic heterocycles. The van der Waals surface area contributed by atoms with E-state index in [0.29, 0.717) is 5.92 Å². The Morgan fingerprint density at radius 3 is 2.30 bits per heavy atom. The molecule has 126 valence electrons. The molecule has 3 heteroatoms. The van der Waals surface area contributed by atoms with Crippen molar-refractivity contribution in [1.82, 2.24) is 4.57 Å². The Morgan fingerprint density at radius 2 is 1.83 bits per heavy atom. The normalized spacial score (nSPS) is 23.9. The van der Waals surface area contributed by atoms with Gasteiger partial charge in [-0.25, -0.2) is 0 Å². The van der Waals surface area contributed by atoms with Crippen molar-refractivity contribution in [2.45, 2.75) is 70.3 Å². The number of rotatable bonds is 8. The van der Waals surface area contributed by atoms with Crippen molar-refractivity contribution in [3.05, 3.63) is 35.9 Å². The van der Waals surface area contributed by atoms with Crippen LogP contribution >= 0.6 is 0 Å². The van der Waals surface area contributed by atoms with Gasteiger partial charge in [0.15, 0.2) is 11.8 Å². The fourth-order valence-electron chi connectivity index (χ4n) is 4.40. The highest BCUT2D eigenvalue weighted by molar-refractivity contribution is 5.59. The predicted octanol–water partition coefficient (Wildman–Crippen LogP) is 5.37. The van der Waals surface area contributed by atoms with Gasteiger partial charge in [0.25, 0.3) is 0 Å². The van der Waals surface area contributed by atoms with E-state index in [0.717, 1.165) is 30.4 Å². The first-order chi connectivity index (χ1) is 11.1. The summed E-state index contributed by atoms with van der Waals surface area (Å²) in [6, 6.07) is -0.0400. The van der Waals surface area contributed by atoms with Crippen LogP contribution in [0.2, 0.25) is 0 Å². The van der Waals surface area contributed by atoms with Gasteiger partial charge in [0, 0.05) is 23.0 Å². The molecule has 0 aliphatic heterocycles. The summed E-state index contributed by atoms with van der Waals surface area (Å²) in [6.07, 6.45) is 12.9. The van der Waals surface area contributed by atoms with Crippen molar-refractivity contribution in [3.8, 4) is 11.8 Å². The van der Waals surface area contributed by atoms with E-state index in [4.69, 9.17) is 0 Å². The highest BCUT2D eigenvalue weighted by Crippen LogP contribution is 2.57. The molecule has 0 saturated carbocycles. The second-order valence-corrected chi connectivity index (χ2v) is 7.13.